The van der Waals surface area contributed by atoms with Crippen LogP contribution in [0.1, 0.15) is 42.1 Å². The van der Waals surface area contributed by atoms with E-state index in [0.717, 1.165) is 12.2 Å². The molecule has 4 rings (SSSR count). The van der Waals surface area contributed by atoms with E-state index in [0.29, 0.717) is 11.5 Å². The van der Waals surface area contributed by atoms with Gasteiger partial charge in [-0.25, -0.2) is 4.39 Å². The molecule has 0 saturated heterocycles. The van der Waals surface area contributed by atoms with Crippen molar-refractivity contribution in [3.05, 3.63) is 62.1 Å². The molecule has 1 aliphatic heterocycles. The van der Waals surface area contributed by atoms with Crippen molar-refractivity contribution < 1.29 is 4.39 Å². The molecule has 2 heterocycles. The number of aliphatic imine (C=N–C) groups is 1. The van der Waals surface area contributed by atoms with Gasteiger partial charge in [-0.15, -0.1) is 0 Å². The predicted octanol–water partition coefficient (Wildman–Crippen LogP) is 5.74. The number of aromatic nitrogens is 1. The standard InChI is InChI=1S/C20H18FIN2/c1-11(2)20-19(22)16-7-13-9-23-10-14(13)8-18(16)24(20)15-4-5-17(21)12(3)6-15/h4-8,10-11H,9H2,1-3H3. The Morgan fingerprint density at radius 2 is 2.00 bits per heavy atom. The highest BCUT2D eigenvalue weighted by Crippen LogP contribution is 2.37. The Hall–Kier alpha value is -1.69. The van der Waals surface area contributed by atoms with Gasteiger partial charge in [0, 0.05) is 26.6 Å². The average Bonchev–Trinajstić information content (AvgIpc) is 3.10. The molecule has 122 valence electrons. The number of nitrogens with zero attached hydrogens (tertiary/aromatic N) is 2. The maximum Gasteiger partial charge on any atom is 0.126 e. The lowest BCUT2D eigenvalue weighted by molar-refractivity contribution is 0.618. The molecule has 1 aromatic heterocycles. The molecule has 0 aliphatic carbocycles. The number of hydrogen-bond acceptors (Lipinski definition) is 1. The van der Waals surface area contributed by atoms with Crippen LogP contribution in [0, 0.1) is 16.3 Å². The van der Waals surface area contributed by atoms with Crippen molar-refractivity contribution >= 4 is 39.7 Å². The molecular weight excluding hydrogens is 414 g/mol. The Morgan fingerprint density at radius 3 is 2.71 bits per heavy atom. The first kappa shape index (κ1) is 15.8. The lowest BCUT2D eigenvalue weighted by Gasteiger charge is -2.15. The Balaban J connectivity index is 2.10. The number of rotatable bonds is 2. The van der Waals surface area contributed by atoms with E-state index in [1.165, 1.54) is 31.3 Å². The van der Waals surface area contributed by atoms with E-state index in [1.807, 2.05) is 25.3 Å². The second kappa shape index (κ2) is 5.69. The fourth-order valence-electron chi connectivity index (χ4n) is 3.43. The van der Waals surface area contributed by atoms with Crippen LogP contribution >= 0.6 is 22.6 Å². The van der Waals surface area contributed by atoms with E-state index in [1.54, 1.807) is 6.07 Å². The molecule has 24 heavy (non-hydrogen) atoms. The molecule has 0 spiro atoms. The van der Waals surface area contributed by atoms with Crippen molar-refractivity contribution in [1.82, 2.24) is 4.57 Å². The zero-order valence-electron chi connectivity index (χ0n) is 13.9. The van der Waals surface area contributed by atoms with Crippen LogP contribution in [0.5, 0.6) is 0 Å². The molecule has 0 radical (unpaired) electrons. The first-order valence-corrected chi connectivity index (χ1v) is 9.18. The van der Waals surface area contributed by atoms with E-state index in [9.17, 15) is 4.39 Å². The summed E-state index contributed by atoms with van der Waals surface area (Å²) < 4.78 is 17.3. The van der Waals surface area contributed by atoms with Gasteiger partial charge in [0.15, 0.2) is 0 Å². The third-order valence-electron chi connectivity index (χ3n) is 4.64. The maximum atomic E-state index is 13.7. The van der Waals surface area contributed by atoms with Gasteiger partial charge >= 0.3 is 0 Å². The van der Waals surface area contributed by atoms with Crippen LogP contribution in [0.2, 0.25) is 0 Å². The fraction of sp³-hybridized carbons (Fsp3) is 0.250. The lowest BCUT2D eigenvalue weighted by Crippen LogP contribution is -2.04. The summed E-state index contributed by atoms with van der Waals surface area (Å²) in [5.74, 6) is 0.210. The highest BCUT2D eigenvalue weighted by molar-refractivity contribution is 14.1. The zero-order valence-corrected chi connectivity index (χ0v) is 16.1. The van der Waals surface area contributed by atoms with Crippen LogP contribution in [0.25, 0.3) is 16.6 Å². The molecular formula is C20H18FIN2. The molecule has 0 fully saturated rings. The monoisotopic (exact) mass is 432 g/mol. The molecule has 0 saturated carbocycles. The molecule has 0 amide bonds. The maximum absolute atomic E-state index is 13.7. The van der Waals surface area contributed by atoms with Crippen molar-refractivity contribution in [1.29, 1.82) is 0 Å². The van der Waals surface area contributed by atoms with Gasteiger partial charge in [-0.3, -0.25) is 4.99 Å². The first-order valence-electron chi connectivity index (χ1n) is 8.10. The zero-order chi connectivity index (χ0) is 17.0. The van der Waals surface area contributed by atoms with Gasteiger partial charge in [-0.2, -0.15) is 0 Å². The summed E-state index contributed by atoms with van der Waals surface area (Å²) in [6.45, 7) is 6.99. The van der Waals surface area contributed by atoms with Crippen LogP contribution in [-0.4, -0.2) is 10.8 Å². The topological polar surface area (TPSA) is 17.3 Å². The van der Waals surface area contributed by atoms with E-state index in [4.69, 9.17) is 0 Å². The number of halogens is 2. The second-order valence-electron chi connectivity index (χ2n) is 6.66. The minimum atomic E-state index is -0.163. The molecule has 0 atom stereocenters. The van der Waals surface area contributed by atoms with Crippen LogP contribution in [0.4, 0.5) is 4.39 Å². The SMILES string of the molecule is Cc1cc(-n2c(C(C)C)c(I)c3cc4c(cc32)C=NC4)ccc1F. The van der Waals surface area contributed by atoms with Crippen LogP contribution in [0.3, 0.4) is 0 Å². The first-order chi connectivity index (χ1) is 11.5. The smallest absolute Gasteiger partial charge is 0.126 e. The van der Waals surface area contributed by atoms with E-state index < -0.39 is 0 Å². The van der Waals surface area contributed by atoms with Gasteiger partial charge in [-0.05, 0) is 82.5 Å². The summed E-state index contributed by atoms with van der Waals surface area (Å²) in [5, 5.41) is 1.26. The normalized spacial score (nSPS) is 13.2. The van der Waals surface area contributed by atoms with Gasteiger partial charge in [0.2, 0.25) is 0 Å². The van der Waals surface area contributed by atoms with Crippen molar-refractivity contribution in [2.24, 2.45) is 4.99 Å². The predicted molar refractivity (Wildman–Crippen MR) is 106 cm³/mol. The largest absolute Gasteiger partial charge is 0.312 e. The number of fused-ring (bicyclic) bond motifs is 2. The fourth-order valence-corrected chi connectivity index (χ4v) is 4.73. The minimum Gasteiger partial charge on any atom is -0.312 e. The third-order valence-corrected chi connectivity index (χ3v) is 5.77. The molecule has 0 bridgehead atoms. The van der Waals surface area contributed by atoms with Gasteiger partial charge < -0.3 is 4.57 Å². The summed E-state index contributed by atoms with van der Waals surface area (Å²) in [5.41, 5.74) is 6.59. The van der Waals surface area contributed by atoms with Gasteiger partial charge in [-0.1, -0.05) is 13.8 Å². The van der Waals surface area contributed by atoms with E-state index >= 15 is 0 Å². The summed E-state index contributed by atoms with van der Waals surface area (Å²) in [7, 11) is 0. The second-order valence-corrected chi connectivity index (χ2v) is 7.74. The Morgan fingerprint density at radius 1 is 1.21 bits per heavy atom. The Kier molecular flexibility index (Phi) is 3.75. The highest BCUT2D eigenvalue weighted by Gasteiger charge is 2.21. The van der Waals surface area contributed by atoms with Crippen molar-refractivity contribution in [3.63, 3.8) is 0 Å². The Bertz CT molecular complexity index is 999. The molecule has 1 aliphatic rings. The molecule has 2 nitrogen and oxygen atoms in total. The summed E-state index contributed by atoms with van der Waals surface area (Å²) >= 11 is 2.45. The number of benzene rings is 2. The molecule has 2 aromatic carbocycles. The molecule has 0 unspecified atom stereocenters. The Labute approximate surface area is 154 Å². The molecule has 4 heteroatoms. The van der Waals surface area contributed by atoms with Gasteiger partial charge in [0.05, 0.1) is 12.1 Å². The van der Waals surface area contributed by atoms with E-state index in [-0.39, 0.29) is 5.82 Å². The highest BCUT2D eigenvalue weighted by atomic mass is 127. The quantitative estimate of drug-likeness (QED) is 0.460. The number of hydrogen-bond donors (Lipinski definition) is 0. The molecule has 3 aromatic rings. The lowest BCUT2D eigenvalue weighted by atomic mass is 10.1. The van der Waals surface area contributed by atoms with Gasteiger partial charge in [0.25, 0.3) is 0 Å². The van der Waals surface area contributed by atoms with Crippen LogP contribution < -0.4 is 0 Å². The third kappa shape index (κ3) is 2.31. The summed E-state index contributed by atoms with van der Waals surface area (Å²) in [4.78, 5) is 4.38. The van der Waals surface area contributed by atoms with Crippen molar-refractivity contribution in [2.45, 2.75) is 33.2 Å². The molecule has 0 N–H and O–H groups in total. The van der Waals surface area contributed by atoms with E-state index in [2.05, 4.69) is 58.1 Å². The summed E-state index contributed by atoms with van der Waals surface area (Å²) in [6.07, 6.45) is 1.95. The number of aryl methyl sites for hydroxylation is 1. The van der Waals surface area contributed by atoms with Crippen LogP contribution in [-0.2, 0) is 6.54 Å². The summed E-state index contributed by atoms with van der Waals surface area (Å²) in [6, 6.07) is 9.83. The van der Waals surface area contributed by atoms with Crippen molar-refractivity contribution in [2.75, 3.05) is 0 Å². The minimum absolute atomic E-state index is 0.163. The van der Waals surface area contributed by atoms with Crippen LogP contribution in [0.15, 0.2) is 35.3 Å². The van der Waals surface area contributed by atoms with Gasteiger partial charge in [0.1, 0.15) is 5.82 Å². The van der Waals surface area contributed by atoms with Crippen molar-refractivity contribution in [3.8, 4) is 5.69 Å². The average molecular weight is 432 g/mol.